The molecule has 1 saturated heterocycles. The van der Waals surface area contributed by atoms with E-state index < -0.39 is 6.36 Å². The lowest BCUT2D eigenvalue weighted by molar-refractivity contribution is -0.274. The smallest absolute Gasteiger partial charge is 0.406 e. The van der Waals surface area contributed by atoms with E-state index in [9.17, 15) is 18.0 Å². The number of hydrogen-bond acceptors (Lipinski definition) is 7. The van der Waals surface area contributed by atoms with Crippen LogP contribution in [0, 0.1) is 13.8 Å². The lowest BCUT2D eigenvalue weighted by atomic mass is 10.1. The van der Waals surface area contributed by atoms with Crippen molar-refractivity contribution in [3.8, 4) is 5.75 Å². The minimum atomic E-state index is -4.76. The predicted octanol–water partition coefficient (Wildman–Crippen LogP) is 5.04. The molecule has 1 amide bonds. The van der Waals surface area contributed by atoms with E-state index >= 15 is 0 Å². The van der Waals surface area contributed by atoms with E-state index in [2.05, 4.69) is 30.6 Å². The third kappa shape index (κ3) is 10.8. The molecule has 3 aromatic rings. The van der Waals surface area contributed by atoms with Gasteiger partial charge in [-0.05, 0) is 54.8 Å². The topological polar surface area (TPSA) is 129 Å². The van der Waals surface area contributed by atoms with Gasteiger partial charge in [-0.1, -0.05) is 54.2 Å². The number of nitrogens with two attached hydrogens (primary N) is 1. The molecule has 0 saturated carbocycles. The Hall–Kier alpha value is -4.69. The molecule has 0 unspecified atom stereocenters. The van der Waals surface area contributed by atoms with E-state index in [1.54, 1.807) is 18.3 Å². The second-order valence-electron chi connectivity index (χ2n) is 9.87. The Bertz CT molecular complexity index is 1550. The average molecular weight is 639 g/mol. The summed E-state index contributed by atoms with van der Waals surface area (Å²) in [5.41, 5.74) is 13.7. The largest absolute Gasteiger partial charge is 0.573 e. The third-order valence-electron chi connectivity index (χ3n) is 6.51. The van der Waals surface area contributed by atoms with Crippen molar-refractivity contribution >= 4 is 52.6 Å². The van der Waals surface area contributed by atoms with Crippen LogP contribution in [-0.2, 0) is 4.79 Å². The molecule has 4 rings (SSSR count). The van der Waals surface area contributed by atoms with Crippen molar-refractivity contribution in [2.24, 2.45) is 25.8 Å². The number of amidine groups is 2. The number of hydrazone groups is 1. The van der Waals surface area contributed by atoms with Crippen molar-refractivity contribution < 1.29 is 22.7 Å². The summed E-state index contributed by atoms with van der Waals surface area (Å²) in [7, 11) is 0. The molecule has 0 spiro atoms. The average Bonchev–Trinajstić information content (AvgIpc) is 3.02. The number of carbonyl (C=O) groups excluding carboxylic acids is 1. The lowest BCUT2D eigenvalue weighted by Gasteiger charge is -2.27. The number of rotatable bonds is 9. The van der Waals surface area contributed by atoms with Gasteiger partial charge < -0.3 is 20.7 Å². The number of carbonyl (C=O) groups is 1. The number of aliphatic imine (C=N–C) groups is 3. The molecule has 0 aromatic heterocycles. The van der Waals surface area contributed by atoms with Crippen molar-refractivity contribution in [3.63, 3.8) is 0 Å². The van der Waals surface area contributed by atoms with Crippen LogP contribution in [0.15, 0.2) is 86.8 Å². The summed E-state index contributed by atoms with van der Waals surface area (Å²) in [5, 5.41) is 8.11. The van der Waals surface area contributed by atoms with E-state index in [1.165, 1.54) is 30.2 Å². The number of nitrogens with zero attached hydrogens (tertiary/aromatic N) is 5. The van der Waals surface area contributed by atoms with Crippen molar-refractivity contribution in [2.45, 2.75) is 20.2 Å². The first kappa shape index (κ1) is 33.2. The van der Waals surface area contributed by atoms with Gasteiger partial charge in [0.1, 0.15) is 17.9 Å². The fourth-order valence-electron chi connectivity index (χ4n) is 4.18. The number of nitrogens with one attached hydrogen (secondary N) is 2. The van der Waals surface area contributed by atoms with Crippen LogP contribution in [0.3, 0.4) is 0 Å². The maximum atomic E-state index is 12.8. The second kappa shape index (κ2) is 15.9. The van der Waals surface area contributed by atoms with Gasteiger partial charge in [-0.15, -0.1) is 13.2 Å². The second-order valence-corrected chi connectivity index (χ2v) is 10.8. The number of para-hydroxylation sites is 1. The number of amides is 1. The number of alkyl halides is 3. The molecule has 4 N–H and O–H groups in total. The van der Waals surface area contributed by atoms with Gasteiger partial charge in [0.25, 0.3) is 0 Å². The monoisotopic (exact) mass is 638 g/mol. The normalized spacial score (nSPS) is 14.7. The van der Waals surface area contributed by atoms with E-state index in [1.807, 2.05) is 49.1 Å². The van der Waals surface area contributed by atoms with E-state index in [4.69, 9.17) is 10.7 Å². The van der Waals surface area contributed by atoms with Crippen molar-refractivity contribution in [2.75, 3.05) is 31.9 Å². The molecule has 14 heteroatoms. The van der Waals surface area contributed by atoms with Crippen molar-refractivity contribution in [1.82, 2.24) is 15.6 Å². The van der Waals surface area contributed by atoms with Gasteiger partial charge in [0.05, 0.1) is 23.3 Å². The van der Waals surface area contributed by atoms with Crippen LogP contribution in [-0.4, -0.2) is 72.7 Å². The van der Waals surface area contributed by atoms with Gasteiger partial charge in [-0.3, -0.25) is 10.2 Å². The lowest BCUT2D eigenvalue weighted by Crippen LogP contribution is -2.47. The maximum absolute atomic E-state index is 12.8. The van der Waals surface area contributed by atoms with Crippen LogP contribution in [0.25, 0.3) is 0 Å². The molecule has 0 atom stereocenters. The zero-order valence-electron chi connectivity index (χ0n) is 24.7. The molecule has 1 aliphatic heterocycles. The van der Waals surface area contributed by atoms with Crippen LogP contribution < -0.4 is 21.2 Å². The van der Waals surface area contributed by atoms with Gasteiger partial charge in [0.2, 0.25) is 5.91 Å². The van der Waals surface area contributed by atoms with Crippen LogP contribution >= 0.6 is 11.8 Å². The Morgan fingerprint density at radius 2 is 1.71 bits per heavy atom. The fraction of sp³-hybridized carbons (Fsp3) is 0.258. The fourth-order valence-corrected chi connectivity index (χ4v) is 4.89. The number of ether oxygens (including phenoxy) is 1. The summed E-state index contributed by atoms with van der Waals surface area (Å²) in [5.74, 6) is 0.148. The molecule has 3 aromatic carbocycles. The first-order valence-electron chi connectivity index (χ1n) is 13.9. The van der Waals surface area contributed by atoms with Gasteiger partial charge in [-0.25, -0.2) is 15.0 Å². The molecule has 10 nitrogen and oxygen atoms in total. The first-order valence-corrected chi connectivity index (χ1v) is 14.9. The number of aryl methyl sites for hydroxylation is 2. The zero-order valence-corrected chi connectivity index (χ0v) is 25.5. The maximum Gasteiger partial charge on any atom is 0.573 e. The molecule has 0 aliphatic carbocycles. The summed E-state index contributed by atoms with van der Waals surface area (Å²) >= 11 is 1.30. The molecule has 1 aliphatic rings. The zero-order chi connectivity index (χ0) is 32.2. The van der Waals surface area contributed by atoms with Gasteiger partial charge in [0, 0.05) is 31.7 Å². The summed E-state index contributed by atoms with van der Waals surface area (Å²) < 4.78 is 40.8. The summed E-state index contributed by atoms with van der Waals surface area (Å²) in [6, 6.07) is 18.2. The van der Waals surface area contributed by atoms with E-state index in [0.29, 0.717) is 29.5 Å². The molecule has 1 heterocycles. The van der Waals surface area contributed by atoms with Crippen molar-refractivity contribution in [3.05, 3.63) is 89.0 Å². The SMILES string of the molecule is Cc1cccc(C)c1N=C(N/N=C\c1ccc(C(N)=NC=Nc2ccc(OC(F)(F)F)cc2)cc1)SCC(=O)N1CCNCC1. The minimum absolute atomic E-state index is 0.0508. The highest BCUT2D eigenvalue weighted by Crippen LogP contribution is 2.26. The number of piperazine rings is 1. The summed E-state index contributed by atoms with van der Waals surface area (Å²) in [4.78, 5) is 27.6. The Labute approximate surface area is 263 Å². The Balaban J connectivity index is 1.38. The van der Waals surface area contributed by atoms with Crippen LogP contribution in [0.5, 0.6) is 5.75 Å². The van der Waals surface area contributed by atoms with Crippen molar-refractivity contribution in [1.29, 1.82) is 0 Å². The van der Waals surface area contributed by atoms with Crippen LogP contribution in [0.2, 0.25) is 0 Å². The number of halogens is 3. The Morgan fingerprint density at radius 3 is 2.36 bits per heavy atom. The van der Waals surface area contributed by atoms with Crippen LogP contribution in [0.4, 0.5) is 24.5 Å². The minimum Gasteiger partial charge on any atom is -0.406 e. The predicted molar refractivity (Wildman–Crippen MR) is 174 cm³/mol. The summed E-state index contributed by atoms with van der Waals surface area (Å²) in [6.07, 6.45) is -1.91. The highest BCUT2D eigenvalue weighted by Gasteiger charge is 2.30. The first-order chi connectivity index (χ1) is 21.6. The molecule has 0 radical (unpaired) electrons. The highest BCUT2D eigenvalue weighted by molar-refractivity contribution is 8.14. The van der Waals surface area contributed by atoms with Gasteiger partial charge >= 0.3 is 6.36 Å². The number of thioether (sulfide) groups is 1. The Morgan fingerprint density at radius 1 is 1.04 bits per heavy atom. The van der Waals surface area contributed by atoms with E-state index in [-0.39, 0.29) is 23.2 Å². The molecular formula is C31H33F3N8O2S. The van der Waals surface area contributed by atoms with E-state index in [0.717, 1.165) is 47.6 Å². The molecule has 45 heavy (non-hydrogen) atoms. The van der Waals surface area contributed by atoms with Gasteiger partial charge in [-0.2, -0.15) is 5.10 Å². The third-order valence-corrected chi connectivity index (χ3v) is 7.36. The molecule has 1 fully saturated rings. The summed E-state index contributed by atoms with van der Waals surface area (Å²) in [6.45, 7) is 6.91. The number of benzene rings is 3. The van der Waals surface area contributed by atoms with Gasteiger partial charge in [0.15, 0.2) is 5.17 Å². The Kier molecular flexibility index (Phi) is 11.7. The quantitative estimate of drug-likeness (QED) is 0.171. The number of hydrogen-bond donors (Lipinski definition) is 3. The molecular weight excluding hydrogens is 605 g/mol. The van der Waals surface area contributed by atoms with Crippen LogP contribution in [0.1, 0.15) is 22.3 Å². The highest BCUT2D eigenvalue weighted by atomic mass is 32.2. The molecule has 236 valence electrons. The molecule has 0 bridgehead atoms. The standard InChI is InChI=1S/C31H33F3N8O2S/c1-21-4-3-5-22(2)28(21)40-30(45-19-27(43)42-16-14-36-15-17-42)41-39-18-23-6-8-24(9-7-23)29(35)38-20-37-25-10-12-26(13-11-25)44-31(32,33)34/h3-13,18,20,36H,14-17,19H2,1-2H3,(H,40,41)(H2,35,37,38)/b39-18-.